The first kappa shape index (κ1) is 29.1. The maximum absolute atomic E-state index is 13.9. The van der Waals surface area contributed by atoms with E-state index in [9.17, 15) is 13.6 Å². The Balaban J connectivity index is 1.28. The SMILES string of the molecule is CCCSc1nc(NC2C[C@@H]2c2ccc(F)c(F)c2)c2nnn(C3C[C@H](OCC(=O)OCC)[C@H]4OC(C)(C)O[C@@H]34)c2n1. The lowest BCUT2D eigenvalue weighted by Gasteiger charge is -2.23. The van der Waals surface area contributed by atoms with Crippen molar-refractivity contribution in [3.05, 3.63) is 35.4 Å². The molecular formula is C28H34F2N6O5S. The van der Waals surface area contributed by atoms with Crippen molar-refractivity contribution in [2.75, 3.05) is 24.3 Å². The summed E-state index contributed by atoms with van der Waals surface area (Å²) in [6, 6.07) is 3.67. The number of carbonyl (C=O) groups excluding carboxylic acids is 1. The number of anilines is 1. The van der Waals surface area contributed by atoms with Crippen molar-refractivity contribution in [1.29, 1.82) is 0 Å². The van der Waals surface area contributed by atoms with Crippen LogP contribution in [0.4, 0.5) is 14.6 Å². The highest BCUT2D eigenvalue weighted by atomic mass is 32.2. The average molecular weight is 605 g/mol. The van der Waals surface area contributed by atoms with E-state index in [1.807, 2.05) is 13.8 Å². The first-order valence-electron chi connectivity index (χ1n) is 14.3. The lowest BCUT2D eigenvalue weighted by atomic mass is 10.1. The molecule has 6 atom stereocenters. The molecule has 3 fully saturated rings. The van der Waals surface area contributed by atoms with Gasteiger partial charge in [0, 0.05) is 24.1 Å². The summed E-state index contributed by atoms with van der Waals surface area (Å²) in [4.78, 5) is 21.6. The summed E-state index contributed by atoms with van der Waals surface area (Å²) in [5.74, 6) is -1.62. The van der Waals surface area contributed by atoms with Crippen molar-refractivity contribution in [3.63, 3.8) is 0 Å². The number of nitrogens with one attached hydrogen (secondary N) is 1. The molecule has 2 aliphatic carbocycles. The van der Waals surface area contributed by atoms with E-state index in [1.54, 1.807) is 17.7 Å². The number of benzene rings is 1. The van der Waals surface area contributed by atoms with E-state index in [0.717, 1.165) is 30.2 Å². The van der Waals surface area contributed by atoms with Crippen LogP contribution >= 0.6 is 11.8 Å². The number of carbonyl (C=O) groups is 1. The molecule has 0 spiro atoms. The number of nitrogens with zero attached hydrogens (tertiary/aromatic N) is 5. The van der Waals surface area contributed by atoms with Gasteiger partial charge in [-0.1, -0.05) is 30.0 Å². The Morgan fingerprint density at radius 1 is 1.17 bits per heavy atom. The number of hydrogen-bond acceptors (Lipinski definition) is 11. The first-order valence-corrected chi connectivity index (χ1v) is 15.3. The van der Waals surface area contributed by atoms with E-state index >= 15 is 0 Å². The van der Waals surface area contributed by atoms with E-state index in [4.69, 9.17) is 28.9 Å². The Labute approximate surface area is 246 Å². The Hall–Kier alpha value is -2.94. The average Bonchev–Trinajstić information content (AvgIpc) is 3.28. The molecule has 42 heavy (non-hydrogen) atoms. The molecule has 14 heteroatoms. The number of hydrogen-bond donors (Lipinski definition) is 1. The van der Waals surface area contributed by atoms with Gasteiger partial charge in [-0.25, -0.2) is 28.2 Å². The second kappa shape index (κ2) is 11.6. The van der Waals surface area contributed by atoms with E-state index in [-0.39, 0.29) is 31.2 Å². The van der Waals surface area contributed by atoms with E-state index in [0.29, 0.717) is 28.6 Å². The molecule has 1 N–H and O–H groups in total. The molecule has 0 amide bonds. The third kappa shape index (κ3) is 5.81. The summed E-state index contributed by atoms with van der Waals surface area (Å²) >= 11 is 1.53. The zero-order chi connectivity index (χ0) is 29.6. The third-order valence-corrected chi connectivity index (χ3v) is 8.69. The van der Waals surface area contributed by atoms with Gasteiger partial charge in [-0.2, -0.15) is 0 Å². The van der Waals surface area contributed by atoms with Gasteiger partial charge in [0.1, 0.15) is 18.8 Å². The number of aromatic nitrogens is 5. The summed E-state index contributed by atoms with van der Waals surface area (Å²) in [5, 5.41) is 13.0. The minimum atomic E-state index is -0.863. The molecule has 2 unspecified atom stereocenters. The number of halogens is 2. The van der Waals surface area contributed by atoms with Gasteiger partial charge in [0.15, 0.2) is 39.6 Å². The zero-order valence-electron chi connectivity index (χ0n) is 23.9. The van der Waals surface area contributed by atoms with Crippen LogP contribution in [0.15, 0.2) is 23.4 Å². The monoisotopic (exact) mass is 604 g/mol. The Morgan fingerprint density at radius 2 is 1.98 bits per heavy atom. The summed E-state index contributed by atoms with van der Waals surface area (Å²) in [5.41, 5.74) is 1.77. The highest BCUT2D eigenvalue weighted by molar-refractivity contribution is 7.99. The van der Waals surface area contributed by atoms with Crippen LogP contribution in [0.5, 0.6) is 0 Å². The van der Waals surface area contributed by atoms with Gasteiger partial charge < -0.3 is 24.3 Å². The van der Waals surface area contributed by atoms with Crippen LogP contribution in [0.1, 0.15) is 64.5 Å². The molecular weight excluding hydrogens is 570 g/mol. The molecule has 0 bridgehead atoms. The second-order valence-electron chi connectivity index (χ2n) is 11.2. The summed E-state index contributed by atoms with van der Waals surface area (Å²) in [7, 11) is 0. The minimum absolute atomic E-state index is 0.0195. The predicted molar refractivity (Wildman–Crippen MR) is 149 cm³/mol. The minimum Gasteiger partial charge on any atom is -0.464 e. The number of fused-ring (bicyclic) bond motifs is 2. The Kier molecular flexibility index (Phi) is 8.07. The zero-order valence-corrected chi connectivity index (χ0v) is 24.7. The maximum Gasteiger partial charge on any atom is 0.332 e. The fourth-order valence-electron chi connectivity index (χ4n) is 5.72. The van der Waals surface area contributed by atoms with Crippen molar-refractivity contribution >= 4 is 34.7 Å². The van der Waals surface area contributed by atoms with Crippen LogP contribution in [0.2, 0.25) is 0 Å². The van der Waals surface area contributed by atoms with Crippen molar-refractivity contribution in [2.24, 2.45) is 0 Å². The first-order chi connectivity index (χ1) is 20.2. The van der Waals surface area contributed by atoms with E-state index in [2.05, 4.69) is 22.6 Å². The Morgan fingerprint density at radius 3 is 2.74 bits per heavy atom. The molecule has 226 valence electrons. The standard InChI is InChI=1S/C28H34F2N6O5S/c1-5-9-42-27-32-25(31-18-11-15(18)14-7-8-16(29)17(30)10-14)22-26(33-27)36(35-34-22)19-12-20(39-13-21(37)38-6-2)24-23(19)40-28(3,4)41-24/h7-8,10,15,18-20,23-24H,5-6,9,11-13H2,1-4H3,(H,31,32,33)/t15-,18?,19?,20+,23+,24-/m1/s1. The second-order valence-corrected chi connectivity index (χ2v) is 12.3. The topological polar surface area (TPSA) is 123 Å². The molecule has 6 rings (SSSR count). The normalized spacial score (nSPS) is 27.8. The highest BCUT2D eigenvalue weighted by Crippen LogP contribution is 2.47. The van der Waals surface area contributed by atoms with E-state index in [1.165, 1.54) is 17.8 Å². The summed E-state index contributed by atoms with van der Waals surface area (Å²) in [6.07, 6.45) is 0.899. The van der Waals surface area contributed by atoms with Gasteiger partial charge in [0.05, 0.1) is 18.8 Å². The highest BCUT2D eigenvalue weighted by Gasteiger charge is 2.56. The van der Waals surface area contributed by atoms with Gasteiger partial charge in [0.2, 0.25) is 0 Å². The predicted octanol–water partition coefficient (Wildman–Crippen LogP) is 4.38. The summed E-state index contributed by atoms with van der Waals surface area (Å²) < 4.78 is 52.5. The van der Waals surface area contributed by atoms with Crippen LogP contribution in [0, 0.1) is 11.6 Å². The molecule has 3 heterocycles. The lowest BCUT2D eigenvalue weighted by Crippen LogP contribution is -2.32. The van der Waals surface area contributed by atoms with Crippen LogP contribution in [0.3, 0.4) is 0 Å². The quantitative estimate of drug-likeness (QED) is 0.191. The number of thioether (sulfide) groups is 1. The molecule has 2 aromatic heterocycles. The van der Waals surface area contributed by atoms with Crippen molar-refractivity contribution in [3.8, 4) is 0 Å². The third-order valence-electron chi connectivity index (χ3n) is 7.64. The Bertz CT molecular complexity index is 1470. The number of esters is 1. The van der Waals surface area contributed by atoms with Crippen molar-refractivity contribution < 1.29 is 32.5 Å². The smallest absolute Gasteiger partial charge is 0.332 e. The molecule has 11 nitrogen and oxygen atoms in total. The van der Waals surface area contributed by atoms with E-state index < -0.39 is 41.7 Å². The van der Waals surface area contributed by atoms with Gasteiger partial charge in [0.25, 0.3) is 0 Å². The van der Waals surface area contributed by atoms with Crippen LogP contribution < -0.4 is 5.32 Å². The van der Waals surface area contributed by atoms with Crippen LogP contribution in [-0.2, 0) is 23.7 Å². The van der Waals surface area contributed by atoms with Gasteiger partial charge in [-0.05, 0) is 51.3 Å². The molecule has 3 aliphatic rings. The van der Waals surface area contributed by atoms with Gasteiger partial charge in [-0.3, -0.25) is 0 Å². The molecule has 1 aromatic carbocycles. The largest absolute Gasteiger partial charge is 0.464 e. The number of rotatable bonds is 11. The van der Waals surface area contributed by atoms with Crippen molar-refractivity contribution in [2.45, 2.75) is 94.2 Å². The lowest BCUT2D eigenvalue weighted by molar-refractivity contribution is -0.174. The molecule has 1 aliphatic heterocycles. The van der Waals surface area contributed by atoms with Crippen molar-refractivity contribution in [1.82, 2.24) is 25.0 Å². The fourth-order valence-corrected chi connectivity index (χ4v) is 6.42. The molecule has 1 saturated heterocycles. The molecule has 3 aromatic rings. The number of ether oxygens (including phenoxy) is 4. The van der Waals surface area contributed by atoms with Gasteiger partial charge in [-0.15, -0.1) is 5.10 Å². The molecule has 2 saturated carbocycles. The summed E-state index contributed by atoms with van der Waals surface area (Å²) in [6.45, 7) is 7.60. The van der Waals surface area contributed by atoms with Gasteiger partial charge >= 0.3 is 5.97 Å². The van der Waals surface area contributed by atoms with Crippen LogP contribution in [0.25, 0.3) is 11.2 Å². The van der Waals surface area contributed by atoms with Crippen LogP contribution in [-0.4, -0.2) is 80.0 Å². The fraction of sp³-hybridized carbons (Fsp3) is 0.607. The maximum atomic E-state index is 13.9. The molecule has 0 radical (unpaired) electrons.